The third-order valence-corrected chi connectivity index (χ3v) is 8.98. The van der Waals surface area contributed by atoms with Gasteiger partial charge in [0.05, 0.1) is 11.7 Å². The normalized spacial score (nSPS) is 26.3. The summed E-state index contributed by atoms with van der Waals surface area (Å²) in [5, 5.41) is 5.83. The Morgan fingerprint density at radius 1 is 0.971 bits per heavy atom. The molecule has 178 valence electrons. The fraction of sp³-hybridized carbons (Fsp3) is 0.500. The van der Waals surface area contributed by atoms with Gasteiger partial charge < -0.3 is 15.2 Å². The van der Waals surface area contributed by atoms with Crippen LogP contribution in [0, 0.1) is 11.8 Å². The maximum Gasteiger partial charge on any atom is 0.163 e. The molecule has 3 saturated carbocycles. The zero-order valence-corrected chi connectivity index (χ0v) is 20.0. The molecule has 0 amide bonds. The van der Waals surface area contributed by atoms with Gasteiger partial charge in [-0.2, -0.15) is 0 Å². The maximum absolute atomic E-state index is 5.28. The second-order valence-corrected chi connectivity index (χ2v) is 11.1. The molecule has 4 aromatic heterocycles. The van der Waals surface area contributed by atoms with Gasteiger partial charge in [-0.15, -0.1) is 0 Å². The van der Waals surface area contributed by atoms with E-state index in [0.29, 0.717) is 11.8 Å². The third-order valence-electron chi connectivity index (χ3n) is 8.98. The first-order valence-corrected chi connectivity index (χ1v) is 13.4. The van der Waals surface area contributed by atoms with Crippen molar-refractivity contribution in [2.24, 2.45) is 11.8 Å². The molecule has 1 saturated heterocycles. The van der Waals surface area contributed by atoms with Crippen LogP contribution < -0.4 is 10.2 Å². The molecule has 7 heteroatoms. The number of hydrogen-bond donors (Lipinski definition) is 2. The highest BCUT2D eigenvalue weighted by Gasteiger charge is 2.41. The molecule has 35 heavy (non-hydrogen) atoms. The first kappa shape index (κ1) is 20.2. The van der Waals surface area contributed by atoms with Crippen molar-refractivity contribution in [2.75, 3.05) is 31.1 Å². The molecule has 3 atom stereocenters. The van der Waals surface area contributed by atoms with Gasteiger partial charge in [0.2, 0.25) is 0 Å². The van der Waals surface area contributed by atoms with Crippen molar-refractivity contribution >= 4 is 27.8 Å². The molecule has 2 N–H and O–H groups in total. The topological polar surface area (TPSA) is 82.6 Å². The Hall–Kier alpha value is -3.06. The number of nitrogens with zero attached hydrogens (tertiary/aromatic N) is 5. The summed E-state index contributed by atoms with van der Waals surface area (Å²) in [5.74, 6) is 4.86. The number of anilines is 1. The molecular weight excluding hydrogens is 434 g/mol. The van der Waals surface area contributed by atoms with Gasteiger partial charge in [-0.1, -0.05) is 6.42 Å². The van der Waals surface area contributed by atoms with Crippen LogP contribution in [0.4, 0.5) is 5.82 Å². The summed E-state index contributed by atoms with van der Waals surface area (Å²) in [5.41, 5.74) is 5.66. The number of pyridine rings is 2. The smallest absolute Gasteiger partial charge is 0.163 e. The Balaban J connectivity index is 1.29. The Kier molecular flexibility index (Phi) is 4.45. The molecule has 3 aliphatic carbocycles. The lowest BCUT2D eigenvalue weighted by molar-refractivity contribution is 0.414. The van der Waals surface area contributed by atoms with E-state index in [-0.39, 0.29) is 0 Å². The number of hydrogen-bond acceptors (Lipinski definition) is 6. The van der Waals surface area contributed by atoms with Crippen LogP contribution in [0.5, 0.6) is 0 Å². The summed E-state index contributed by atoms with van der Waals surface area (Å²) in [6, 6.07) is 4.43. The molecule has 0 unspecified atom stereocenters. The number of aromatic amines is 1. The van der Waals surface area contributed by atoms with E-state index < -0.39 is 0 Å². The molecule has 0 radical (unpaired) electrons. The number of H-pyrrole nitrogens is 1. The largest absolute Gasteiger partial charge is 0.353 e. The van der Waals surface area contributed by atoms with Crippen LogP contribution in [0.1, 0.15) is 61.6 Å². The lowest BCUT2D eigenvalue weighted by Gasteiger charge is -2.30. The van der Waals surface area contributed by atoms with Crippen molar-refractivity contribution in [2.45, 2.75) is 50.4 Å². The molecule has 0 aromatic carbocycles. The third kappa shape index (κ3) is 3.28. The molecule has 0 spiro atoms. The van der Waals surface area contributed by atoms with Gasteiger partial charge in [-0.3, -0.25) is 4.98 Å². The summed E-state index contributed by atoms with van der Waals surface area (Å²) in [7, 11) is 0. The SMILES string of the molecule is c1cc(-c2nc(N3CCNCC3)c3c(C4CC4)cncc3n2)c2cc([C@@H]3C[C@@H]4CC[C@H]3C4)[nH]c2n1. The Labute approximate surface area is 204 Å². The molecule has 1 aliphatic heterocycles. The second-order valence-electron chi connectivity index (χ2n) is 11.1. The van der Waals surface area contributed by atoms with Crippen molar-refractivity contribution in [3.8, 4) is 11.4 Å². The van der Waals surface area contributed by atoms with Gasteiger partial charge in [-0.25, -0.2) is 15.0 Å². The van der Waals surface area contributed by atoms with Gasteiger partial charge in [-0.05, 0) is 67.6 Å². The summed E-state index contributed by atoms with van der Waals surface area (Å²) >= 11 is 0. The van der Waals surface area contributed by atoms with Crippen LogP contribution in [0.2, 0.25) is 0 Å². The van der Waals surface area contributed by atoms with Crippen LogP contribution in [-0.4, -0.2) is 51.1 Å². The number of piperazine rings is 1. The van der Waals surface area contributed by atoms with E-state index in [1.165, 1.54) is 55.2 Å². The first-order chi connectivity index (χ1) is 17.3. The highest BCUT2D eigenvalue weighted by Crippen LogP contribution is 2.53. The molecule has 4 fully saturated rings. The summed E-state index contributed by atoms with van der Waals surface area (Å²) in [6.45, 7) is 3.88. The van der Waals surface area contributed by atoms with Gasteiger partial charge in [0, 0.05) is 66.5 Å². The van der Waals surface area contributed by atoms with Crippen LogP contribution in [0.15, 0.2) is 30.7 Å². The van der Waals surface area contributed by atoms with Crippen molar-refractivity contribution in [1.82, 2.24) is 30.2 Å². The standard InChI is InChI=1S/C28H31N7/c1-2-18-11-16(1)12-20(18)23-13-21-19(5-6-31-26(21)32-23)27-33-24-15-30-14-22(17-3-4-17)25(24)28(34-27)35-9-7-29-8-10-35/h5-6,13-18,20,29H,1-4,7-12H2,(H,31,32)/t16-,18+,20-/m1/s1. The molecular formula is C28H31N7. The van der Waals surface area contributed by atoms with E-state index in [9.17, 15) is 0 Å². The minimum absolute atomic E-state index is 0.601. The van der Waals surface area contributed by atoms with Crippen LogP contribution in [0.25, 0.3) is 33.3 Å². The van der Waals surface area contributed by atoms with E-state index in [1.807, 2.05) is 18.6 Å². The zero-order chi connectivity index (χ0) is 22.9. The summed E-state index contributed by atoms with van der Waals surface area (Å²) < 4.78 is 0. The van der Waals surface area contributed by atoms with Gasteiger partial charge in [0.15, 0.2) is 5.82 Å². The average molecular weight is 466 g/mol. The predicted octanol–water partition coefficient (Wildman–Crippen LogP) is 4.76. The lowest BCUT2D eigenvalue weighted by Crippen LogP contribution is -2.44. The molecule has 4 aromatic rings. The van der Waals surface area contributed by atoms with Gasteiger partial charge >= 0.3 is 0 Å². The highest BCUT2D eigenvalue weighted by molar-refractivity contribution is 5.97. The second kappa shape index (κ2) is 7.72. The number of rotatable bonds is 4. The molecule has 7 nitrogen and oxygen atoms in total. The first-order valence-electron chi connectivity index (χ1n) is 13.4. The monoisotopic (exact) mass is 465 g/mol. The van der Waals surface area contributed by atoms with E-state index in [4.69, 9.17) is 15.0 Å². The van der Waals surface area contributed by atoms with Crippen LogP contribution in [-0.2, 0) is 0 Å². The summed E-state index contributed by atoms with van der Waals surface area (Å²) in [6.07, 6.45) is 13.9. The fourth-order valence-electron chi connectivity index (χ4n) is 7.09. The van der Waals surface area contributed by atoms with E-state index in [1.54, 1.807) is 0 Å². The minimum Gasteiger partial charge on any atom is -0.353 e. The Morgan fingerprint density at radius 2 is 1.89 bits per heavy atom. The number of fused-ring (bicyclic) bond motifs is 4. The van der Waals surface area contributed by atoms with Crippen molar-refractivity contribution in [3.05, 3.63) is 42.0 Å². The maximum atomic E-state index is 5.28. The van der Waals surface area contributed by atoms with Crippen molar-refractivity contribution in [3.63, 3.8) is 0 Å². The Morgan fingerprint density at radius 3 is 2.69 bits per heavy atom. The molecule has 5 heterocycles. The zero-order valence-electron chi connectivity index (χ0n) is 20.0. The predicted molar refractivity (Wildman–Crippen MR) is 138 cm³/mol. The van der Waals surface area contributed by atoms with E-state index >= 15 is 0 Å². The molecule has 8 rings (SSSR count). The van der Waals surface area contributed by atoms with Crippen LogP contribution >= 0.6 is 0 Å². The fourth-order valence-corrected chi connectivity index (χ4v) is 7.09. The minimum atomic E-state index is 0.601. The summed E-state index contributed by atoms with van der Waals surface area (Å²) in [4.78, 5) is 25.8. The van der Waals surface area contributed by atoms with Crippen molar-refractivity contribution < 1.29 is 0 Å². The number of nitrogens with one attached hydrogen (secondary N) is 2. The highest BCUT2D eigenvalue weighted by atomic mass is 15.2. The van der Waals surface area contributed by atoms with E-state index in [0.717, 1.165) is 71.8 Å². The lowest BCUT2D eigenvalue weighted by atomic mass is 9.86. The molecule has 4 aliphatic rings. The van der Waals surface area contributed by atoms with Gasteiger partial charge in [0.1, 0.15) is 11.5 Å². The van der Waals surface area contributed by atoms with Crippen molar-refractivity contribution in [1.29, 1.82) is 0 Å². The average Bonchev–Trinajstić information content (AvgIpc) is 3.31. The van der Waals surface area contributed by atoms with Gasteiger partial charge in [0.25, 0.3) is 0 Å². The molecule has 2 bridgehead atoms. The quantitative estimate of drug-likeness (QED) is 0.452. The van der Waals surface area contributed by atoms with E-state index in [2.05, 4.69) is 32.3 Å². The van der Waals surface area contributed by atoms with Crippen LogP contribution in [0.3, 0.4) is 0 Å². The number of aromatic nitrogens is 5. The Bertz CT molecular complexity index is 1430.